The Morgan fingerprint density at radius 2 is 1.83 bits per heavy atom. The molecule has 1 aliphatic heterocycles. The molecule has 8 heteroatoms. The molecule has 4 rings (SSSR count). The minimum Gasteiger partial charge on any atom is -0.492 e. The van der Waals surface area contributed by atoms with Crippen molar-refractivity contribution in [2.45, 2.75) is 39.5 Å². The van der Waals surface area contributed by atoms with Gasteiger partial charge < -0.3 is 20.3 Å². The second kappa shape index (κ2) is 11.2. The molecule has 0 unspecified atom stereocenters. The van der Waals surface area contributed by atoms with E-state index in [1.165, 1.54) is 6.07 Å². The monoisotopic (exact) mass is 497 g/mol. The summed E-state index contributed by atoms with van der Waals surface area (Å²) in [5, 5.41) is 7.00. The average molecular weight is 498 g/mol. The highest BCUT2D eigenvalue weighted by molar-refractivity contribution is 6.32. The van der Waals surface area contributed by atoms with E-state index < -0.39 is 0 Å². The number of aromatic nitrogens is 2. The van der Waals surface area contributed by atoms with Crippen LogP contribution in [0.4, 0.5) is 27.5 Å². The van der Waals surface area contributed by atoms with Crippen LogP contribution < -0.4 is 15.4 Å². The molecule has 2 N–H and O–H groups in total. The lowest BCUT2D eigenvalue weighted by Gasteiger charge is -2.29. The predicted molar refractivity (Wildman–Crippen MR) is 141 cm³/mol. The van der Waals surface area contributed by atoms with Crippen molar-refractivity contribution in [1.29, 1.82) is 0 Å². The van der Waals surface area contributed by atoms with Gasteiger partial charge in [0.25, 0.3) is 0 Å². The Bertz CT molecular complexity index is 1160. The van der Waals surface area contributed by atoms with Crippen LogP contribution in [0.3, 0.4) is 0 Å². The van der Waals surface area contributed by atoms with Crippen molar-refractivity contribution in [2.75, 3.05) is 37.4 Å². The molecule has 186 valence electrons. The highest BCUT2D eigenvalue weighted by atomic mass is 35.5. The first-order chi connectivity index (χ1) is 16.8. The topological polar surface area (TPSA) is 62.3 Å². The summed E-state index contributed by atoms with van der Waals surface area (Å²) in [6.45, 7) is 8.67. The fraction of sp³-hybridized carbons (Fsp3) is 0.407. The third-order valence-corrected chi connectivity index (χ3v) is 6.47. The zero-order valence-electron chi connectivity index (χ0n) is 20.7. The summed E-state index contributed by atoms with van der Waals surface area (Å²) in [7, 11) is 2.11. The van der Waals surface area contributed by atoms with Gasteiger partial charge >= 0.3 is 0 Å². The van der Waals surface area contributed by atoms with Gasteiger partial charge in [0.1, 0.15) is 17.4 Å². The average Bonchev–Trinajstić information content (AvgIpc) is 2.82. The van der Waals surface area contributed by atoms with Gasteiger partial charge in [0, 0.05) is 29.2 Å². The molecule has 2 aromatic carbocycles. The molecule has 0 saturated carbocycles. The predicted octanol–water partition coefficient (Wildman–Crippen LogP) is 6.91. The number of hydrogen-bond acceptors (Lipinski definition) is 6. The van der Waals surface area contributed by atoms with E-state index in [-0.39, 0.29) is 11.7 Å². The normalized spacial score (nSPS) is 14.8. The molecule has 35 heavy (non-hydrogen) atoms. The third kappa shape index (κ3) is 6.61. The first kappa shape index (κ1) is 25.2. The molecule has 1 saturated heterocycles. The van der Waals surface area contributed by atoms with Crippen LogP contribution in [0.2, 0.25) is 5.02 Å². The van der Waals surface area contributed by atoms with Crippen LogP contribution in [0.15, 0.2) is 42.6 Å². The lowest BCUT2D eigenvalue weighted by molar-refractivity contribution is 0.253. The molecule has 0 atom stereocenters. The van der Waals surface area contributed by atoms with Gasteiger partial charge in [-0.15, -0.1) is 0 Å². The van der Waals surface area contributed by atoms with Crippen molar-refractivity contribution in [1.82, 2.24) is 14.9 Å². The molecule has 3 aromatic rings. The van der Waals surface area contributed by atoms with Crippen LogP contribution in [0.25, 0.3) is 0 Å². The smallest absolute Gasteiger partial charge is 0.229 e. The van der Waals surface area contributed by atoms with Crippen LogP contribution >= 0.6 is 11.6 Å². The van der Waals surface area contributed by atoms with Crippen molar-refractivity contribution >= 4 is 34.7 Å². The van der Waals surface area contributed by atoms with Gasteiger partial charge in [-0.1, -0.05) is 31.5 Å². The Morgan fingerprint density at radius 1 is 1.11 bits per heavy atom. The van der Waals surface area contributed by atoms with E-state index in [9.17, 15) is 4.39 Å². The number of likely N-dealkylation sites (tertiary alicyclic amines) is 1. The van der Waals surface area contributed by atoms with E-state index in [0.717, 1.165) is 42.7 Å². The second-order valence-corrected chi connectivity index (χ2v) is 10.0. The highest BCUT2D eigenvalue weighted by Crippen LogP contribution is 2.32. The molecule has 6 nitrogen and oxygen atoms in total. The molecule has 2 heterocycles. The molecular formula is C27H33ClFN5O. The van der Waals surface area contributed by atoms with E-state index in [1.807, 2.05) is 31.2 Å². The molecule has 0 aliphatic carbocycles. The van der Waals surface area contributed by atoms with Crippen LogP contribution in [0, 0.1) is 18.7 Å². The van der Waals surface area contributed by atoms with Gasteiger partial charge in [-0.25, -0.2) is 9.37 Å². The Balaban J connectivity index is 1.47. The molecule has 0 amide bonds. The summed E-state index contributed by atoms with van der Waals surface area (Å²) in [4.78, 5) is 11.3. The van der Waals surface area contributed by atoms with Crippen molar-refractivity contribution in [2.24, 2.45) is 5.92 Å². The minimum atomic E-state index is -0.190. The Hall–Kier alpha value is -2.90. The first-order valence-electron chi connectivity index (χ1n) is 12.1. The first-order valence-corrected chi connectivity index (χ1v) is 12.4. The molecule has 1 fully saturated rings. The fourth-order valence-corrected chi connectivity index (χ4v) is 4.27. The van der Waals surface area contributed by atoms with Crippen LogP contribution in [-0.2, 0) is 0 Å². The summed E-state index contributed by atoms with van der Waals surface area (Å²) in [6.07, 6.45) is 3.68. The third-order valence-electron chi connectivity index (χ3n) is 6.15. The highest BCUT2D eigenvalue weighted by Gasteiger charge is 2.21. The van der Waals surface area contributed by atoms with E-state index in [2.05, 4.69) is 46.4 Å². The van der Waals surface area contributed by atoms with Crippen LogP contribution in [0.1, 0.15) is 43.7 Å². The van der Waals surface area contributed by atoms with E-state index in [1.54, 1.807) is 12.3 Å². The van der Waals surface area contributed by atoms with Gasteiger partial charge in [-0.05, 0) is 81.6 Å². The standard InChI is InChI=1S/C27H33ClFN5O/c1-17(2)16-35-25-14-21(6-8-23(25)28)31-26-18(3)15-30-27(33-26)32-20-5-7-22(24(29)13-20)19-9-11-34(4)12-10-19/h5-8,13-15,17,19H,9-12,16H2,1-4H3,(H2,30,31,32,33). The van der Waals surface area contributed by atoms with E-state index >= 15 is 0 Å². The van der Waals surface area contributed by atoms with Crippen LogP contribution in [0.5, 0.6) is 5.75 Å². The summed E-state index contributed by atoms with van der Waals surface area (Å²) in [6, 6.07) is 10.8. The molecule has 0 radical (unpaired) electrons. The van der Waals surface area contributed by atoms with E-state index in [4.69, 9.17) is 16.3 Å². The number of anilines is 4. The Kier molecular flexibility index (Phi) is 8.08. The minimum absolute atomic E-state index is 0.190. The maximum Gasteiger partial charge on any atom is 0.229 e. The lowest BCUT2D eigenvalue weighted by atomic mass is 9.89. The number of ether oxygens (including phenoxy) is 1. The molecule has 0 spiro atoms. The summed E-state index contributed by atoms with van der Waals surface area (Å²) in [5.74, 6) is 2.11. The number of nitrogens with zero attached hydrogens (tertiary/aromatic N) is 3. The molecular weight excluding hydrogens is 465 g/mol. The number of rotatable bonds is 8. The largest absolute Gasteiger partial charge is 0.492 e. The van der Waals surface area contributed by atoms with Crippen molar-refractivity contribution in [3.63, 3.8) is 0 Å². The van der Waals surface area contributed by atoms with Crippen molar-refractivity contribution < 1.29 is 9.13 Å². The molecule has 1 aliphatic rings. The summed E-state index contributed by atoms with van der Waals surface area (Å²) >= 11 is 6.29. The zero-order chi connectivity index (χ0) is 24.9. The van der Waals surface area contributed by atoms with Gasteiger partial charge in [0.2, 0.25) is 5.95 Å². The Morgan fingerprint density at radius 3 is 2.54 bits per heavy atom. The maximum absolute atomic E-state index is 14.9. The SMILES string of the molecule is Cc1cnc(Nc2ccc(C3CCN(C)CC3)c(F)c2)nc1Nc1ccc(Cl)c(OCC(C)C)c1. The van der Waals surface area contributed by atoms with Crippen LogP contribution in [-0.4, -0.2) is 41.6 Å². The quantitative estimate of drug-likeness (QED) is 0.352. The van der Waals surface area contributed by atoms with Crippen molar-refractivity contribution in [3.8, 4) is 5.75 Å². The fourth-order valence-electron chi connectivity index (χ4n) is 4.10. The van der Waals surface area contributed by atoms with Crippen molar-refractivity contribution in [3.05, 3.63) is 64.6 Å². The van der Waals surface area contributed by atoms with Gasteiger partial charge in [0.15, 0.2) is 0 Å². The zero-order valence-corrected chi connectivity index (χ0v) is 21.5. The second-order valence-electron chi connectivity index (χ2n) is 9.64. The summed E-state index contributed by atoms with van der Waals surface area (Å²) in [5.41, 5.74) is 3.08. The molecule has 0 bridgehead atoms. The molecule has 1 aromatic heterocycles. The van der Waals surface area contributed by atoms with Gasteiger partial charge in [-0.3, -0.25) is 0 Å². The maximum atomic E-state index is 14.9. The number of benzene rings is 2. The summed E-state index contributed by atoms with van der Waals surface area (Å²) < 4.78 is 20.7. The van der Waals surface area contributed by atoms with E-state index in [0.29, 0.717) is 40.8 Å². The number of aryl methyl sites for hydroxylation is 1. The van der Waals surface area contributed by atoms with Gasteiger partial charge in [-0.2, -0.15) is 4.98 Å². The number of piperidine rings is 1. The number of nitrogens with one attached hydrogen (secondary N) is 2. The lowest BCUT2D eigenvalue weighted by Crippen LogP contribution is -2.29. The Labute approximate surface area is 211 Å². The van der Waals surface area contributed by atoms with Gasteiger partial charge in [0.05, 0.1) is 11.6 Å². The number of hydrogen-bond donors (Lipinski definition) is 2. The number of halogens is 2.